The van der Waals surface area contributed by atoms with E-state index in [9.17, 15) is 57.5 Å². The number of ether oxygens (including phenoxy) is 1. The van der Waals surface area contributed by atoms with Crippen LogP contribution in [0.1, 0.15) is 13.3 Å². The summed E-state index contributed by atoms with van der Waals surface area (Å²) in [5.41, 5.74) is -1.02. The molecule has 0 aromatic heterocycles. The molecule has 0 fully saturated rings. The zero-order valence-corrected chi connectivity index (χ0v) is 15.2. The molecule has 0 aromatic rings. The van der Waals surface area contributed by atoms with Crippen LogP contribution in [0.15, 0.2) is 12.2 Å². The van der Waals surface area contributed by atoms with Gasteiger partial charge in [-0.3, -0.25) is 0 Å². The summed E-state index contributed by atoms with van der Waals surface area (Å²) in [6.45, 7) is 2.50. The SMILES string of the molecule is C=C(C)C(=O)OC(F)(F)C(F)(F)C(F)(F)C(F)(F)C(F)CC(F)(F)F.OCC(O)CO. The zero-order chi connectivity index (χ0) is 25.6. The third kappa shape index (κ3) is 8.03. The van der Waals surface area contributed by atoms with Gasteiger partial charge in [-0.05, 0) is 6.92 Å². The quantitative estimate of drug-likeness (QED) is 0.262. The van der Waals surface area contributed by atoms with Crippen molar-refractivity contribution in [1.82, 2.24) is 0 Å². The van der Waals surface area contributed by atoms with Crippen LogP contribution in [0.4, 0.5) is 52.7 Å². The van der Waals surface area contributed by atoms with E-state index in [1.165, 1.54) is 0 Å². The number of aliphatic hydroxyl groups is 3. The van der Waals surface area contributed by atoms with Crippen molar-refractivity contribution < 1.29 is 77.5 Å². The average molecular weight is 492 g/mol. The monoisotopic (exact) mass is 492 g/mol. The van der Waals surface area contributed by atoms with Crippen LogP contribution in [0.2, 0.25) is 0 Å². The normalized spacial score (nSPS) is 14.6. The molecule has 0 aliphatic heterocycles. The molecule has 0 rings (SSSR count). The van der Waals surface area contributed by atoms with Crippen molar-refractivity contribution in [2.45, 2.75) is 55.7 Å². The van der Waals surface area contributed by atoms with Crippen molar-refractivity contribution in [3.05, 3.63) is 12.2 Å². The van der Waals surface area contributed by atoms with E-state index >= 15 is 0 Å². The van der Waals surface area contributed by atoms with Crippen LogP contribution >= 0.6 is 0 Å². The van der Waals surface area contributed by atoms with Gasteiger partial charge in [0.25, 0.3) is 0 Å². The summed E-state index contributed by atoms with van der Waals surface area (Å²) in [5.74, 6) is -23.9. The minimum atomic E-state index is -7.36. The molecule has 0 heterocycles. The van der Waals surface area contributed by atoms with Crippen molar-refractivity contribution in [3.63, 3.8) is 0 Å². The molecular formula is C14H16F12O5. The molecule has 0 aliphatic carbocycles. The fourth-order valence-corrected chi connectivity index (χ4v) is 1.25. The lowest BCUT2D eigenvalue weighted by atomic mass is 9.97. The fourth-order valence-electron chi connectivity index (χ4n) is 1.25. The fraction of sp³-hybridized carbons (Fsp3) is 0.786. The Kier molecular flexibility index (Phi) is 10.9. The number of halogens is 12. The maximum absolute atomic E-state index is 13.2. The Morgan fingerprint density at radius 2 is 1.29 bits per heavy atom. The first-order chi connectivity index (χ1) is 13.5. The Labute approximate surface area is 165 Å². The molecule has 0 radical (unpaired) electrons. The van der Waals surface area contributed by atoms with Gasteiger partial charge in [0.1, 0.15) is 6.10 Å². The van der Waals surface area contributed by atoms with Crippen molar-refractivity contribution >= 4 is 5.97 Å². The lowest BCUT2D eigenvalue weighted by molar-refractivity contribution is -0.422. The molecule has 0 aliphatic rings. The molecular weight excluding hydrogens is 476 g/mol. The molecule has 0 saturated heterocycles. The van der Waals surface area contributed by atoms with Gasteiger partial charge in [0.05, 0.1) is 19.6 Å². The van der Waals surface area contributed by atoms with Gasteiger partial charge in [-0.25, -0.2) is 9.18 Å². The summed E-state index contributed by atoms with van der Waals surface area (Å²) in [4.78, 5) is 10.7. The first-order valence-corrected chi connectivity index (χ1v) is 7.52. The summed E-state index contributed by atoms with van der Waals surface area (Å²) in [7, 11) is 0. The molecule has 0 aromatic carbocycles. The Bertz CT molecular complexity index is 601. The molecule has 17 heteroatoms. The summed E-state index contributed by atoms with van der Waals surface area (Å²) in [6.07, 6.45) is -21.7. The highest BCUT2D eigenvalue weighted by Crippen LogP contribution is 2.55. The van der Waals surface area contributed by atoms with E-state index in [2.05, 4.69) is 11.3 Å². The smallest absolute Gasteiger partial charge is 0.394 e. The van der Waals surface area contributed by atoms with Gasteiger partial charge in [-0.15, -0.1) is 0 Å². The van der Waals surface area contributed by atoms with Crippen LogP contribution in [-0.2, 0) is 9.53 Å². The van der Waals surface area contributed by atoms with Crippen LogP contribution in [0.5, 0.6) is 0 Å². The van der Waals surface area contributed by atoms with E-state index in [0.717, 1.165) is 0 Å². The van der Waals surface area contributed by atoms with Crippen LogP contribution in [0, 0.1) is 0 Å². The predicted molar refractivity (Wildman–Crippen MR) is 76.4 cm³/mol. The lowest BCUT2D eigenvalue weighted by Crippen LogP contribution is -2.65. The van der Waals surface area contributed by atoms with Gasteiger partial charge in [0, 0.05) is 5.57 Å². The summed E-state index contributed by atoms with van der Waals surface area (Å²) in [6, 6.07) is 0. The predicted octanol–water partition coefficient (Wildman–Crippen LogP) is 3.23. The van der Waals surface area contributed by atoms with Gasteiger partial charge >= 0.3 is 36.0 Å². The van der Waals surface area contributed by atoms with E-state index < -0.39 is 60.3 Å². The van der Waals surface area contributed by atoms with Gasteiger partial charge in [-0.2, -0.15) is 48.3 Å². The number of alkyl halides is 12. The van der Waals surface area contributed by atoms with Crippen molar-refractivity contribution in [2.24, 2.45) is 0 Å². The average Bonchev–Trinajstić information content (AvgIpc) is 2.58. The molecule has 1 atom stereocenters. The van der Waals surface area contributed by atoms with Crippen LogP contribution in [0.3, 0.4) is 0 Å². The third-order valence-electron chi connectivity index (χ3n) is 2.97. The van der Waals surface area contributed by atoms with Gasteiger partial charge < -0.3 is 20.1 Å². The Balaban J connectivity index is 0. The zero-order valence-electron chi connectivity index (χ0n) is 15.2. The number of aliphatic hydroxyl groups excluding tert-OH is 3. The number of carbonyl (C=O) groups excluding carboxylic acids is 1. The molecule has 0 saturated carbocycles. The second-order valence-corrected chi connectivity index (χ2v) is 5.76. The minimum Gasteiger partial charge on any atom is -0.394 e. The van der Waals surface area contributed by atoms with E-state index in [1.807, 2.05) is 0 Å². The number of carbonyl (C=O) groups is 1. The number of esters is 1. The van der Waals surface area contributed by atoms with Gasteiger partial charge in [-0.1, -0.05) is 6.58 Å². The van der Waals surface area contributed by atoms with E-state index in [-0.39, 0.29) is 13.2 Å². The molecule has 3 N–H and O–H groups in total. The highest BCUT2D eigenvalue weighted by atomic mass is 19.4. The van der Waals surface area contributed by atoms with E-state index in [4.69, 9.17) is 15.3 Å². The van der Waals surface area contributed by atoms with Crippen LogP contribution in [0.25, 0.3) is 0 Å². The van der Waals surface area contributed by atoms with E-state index in [1.54, 1.807) is 0 Å². The number of hydrogen-bond donors (Lipinski definition) is 3. The van der Waals surface area contributed by atoms with Gasteiger partial charge in [0.2, 0.25) is 0 Å². The molecule has 31 heavy (non-hydrogen) atoms. The summed E-state index contributed by atoms with van der Waals surface area (Å²) < 4.78 is 156. The number of rotatable bonds is 9. The van der Waals surface area contributed by atoms with Crippen molar-refractivity contribution in [1.29, 1.82) is 0 Å². The second kappa shape index (κ2) is 10.7. The topological polar surface area (TPSA) is 87.0 Å². The van der Waals surface area contributed by atoms with Crippen molar-refractivity contribution in [2.75, 3.05) is 13.2 Å². The second-order valence-electron chi connectivity index (χ2n) is 5.76. The molecule has 5 nitrogen and oxygen atoms in total. The molecule has 1 unspecified atom stereocenters. The Morgan fingerprint density at radius 3 is 1.55 bits per heavy atom. The van der Waals surface area contributed by atoms with Crippen LogP contribution < -0.4 is 0 Å². The minimum absolute atomic E-state index is 0.365. The molecule has 0 amide bonds. The highest BCUT2D eigenvalue weighted by Gasteiger charge is 2.84. The Hall–Kier alpha value is -1.75. The van der Waals surface area contributed by atoms with Crippen LogP contribution in [-0.4, -0.2) is 76.8 Å². The summed E-state index contributed by atoms with van der Waals surface area (Å²) >= 11 is 0. The largest absolute Gasteiger partial charge is 0.473 e. The first-order valence-electron chi connectivity index (χ1n) is 7.52. The Morgan fingerprint density at radius 1 is 0.903 bits per heavy atom. The molecule has 0 bridgehead atoms. The molecule has 186 valence electrons. The maximum atomic E-state index is 13.2. The number of hydrogen-bond acceptors (Lipinski definition) is 5. The lowest BCUT2D eigenvalue weighted by Gasteiger charge is -2.37. The molecule has 0 spiro atoms. The highest BCUT2D eigenvalue weighted by molar-refractivity contribution is 5.87. The van der Waals surface area contributed by atoms with E-state index in [0.29, 0.717) is 6.92 Å². The third-order valence-corrected chi connectivity index (χ3v) is 2.97. The summed E-state index contributed by atoms with van der Waals surface area (Å²) in [5, 5.41) is 24.0. The maximum Gasteiger partial charge on any atom is 0.473 e. The van der Waals surface area contributed by atoms with Crippen molar-refractivity contribution in [3.8, 4) is 0 Å². The standard InChI is InChI=1S/C11H8F12O2.C3H8O3/c1-4(2)6(24)25-11(22,23)10(20,21)9(18,19)8(16,17)5(12)3-7(13,14)15;4-1-3(6)2-5/h5H,1,3H2,2H3;3-6H,1-2H2. The first kappa shape index (κ1) is 31.4. The van der Waals surface area contributed by atoms with Gasteiger partial charge in [0.15, 0.2) is 6.17 Å².